The molecule has 2 aliphatic rings. The number of hydrogen-bond acceptors (Lipinski definition) is 5. The third-order valence-electron chi connectivity index (χ3n) is 4.60. The van der Waals surface area contributed by atoms with Crippen molar-refractivity contribution in [2.24, 2.45) is 0 Å². The predicted octanol–water partition coefficient (Wildman–Crippen LogP) is 0.425. The van der Waals surface area contributed by atoms with Gasteiger partial charge in [0.2, 0.25) is 15.9 Å². The second kappa shape index (κ2) is 6.51. The zero-order valence-electron chi connectivity index (χ0n) is 13.6. The maximum absolute atomic E-state index is 12.9. The molecule has 0 spiro atoms. The van der Waals surface area contributed by atoms with Crippen LogP contribution in [0.5, 0.6) is 0 Å². The number of carbonyl (C=O) groups is 1. The molecule has 1 amide bonds. The highest BCUT2D eigenvalue weighted by Crippen LogP contribution is 2.31. The number of nitrogens with zero attached hydrogens (tertiary/aromatic N) is 4. The fourth-order valence-electron chi connectivity index (χ4n) is 3.22. The molecule has 2 aliphatic heterocycles. The second-order valence-corrected chi connectivity index (χ2v) is 7.99. The van der Waals surface area contributed by atoms with E-state index in [1.165, 1.54) is 11.2 Å². The summed E-state index contributed by atoms with van der Waals surface area (Å²) in [6.45, 7) is 4.26. The minimum Gasteiger partial charge on any atom is -0.312 e. The Kier molecular flexibility index (Phi) is 4.58. The summed E-state index contributed by atoms with van der Waals surface area (Å²) >= 11 is 0. The maximum Gasteiger partial charge on any atom is 0.243 e. The highest BCUT2D eigenvalue weighted by atomic mass is 32.2. The molecule has 0 N–H and O–H groups in total. The molecule has 128 valence electrons. The fourth-order valence-corrected chi connectivity index (χ4v) is 4.67. The molecule has 2 heterocycles. The normalized spacial score (nSPS) is 19.1. The Hall–Kier alpha value is -1.95. The van der Waals surface area contributed by atoms with Gasteiger partial charge in [-0.2, -0.15) is 9.57 Å². The molecule has 1 aromatic rings. The van der Waals surface area contributed by atoms with Gasteiger partial charge in [-0.15, -0.1) is 0 Å². The van der Waals surface area contributed by atoms with Crippen molar-refractivity contribution in [2.75, 3.05) is 44.2 Å². The van der Waals surface area contributed by atoms with Crippen molar-refractivity contribution in [3.05, 3.63) is 23.8 Å². The van der Waals surface area contributed by atoms with Gasteiger partial charge in [-0.1, -0.05) is 6.07 Å². The average molecular weight is 348 g/mol. The van der Waals surface area contributed by atoms with Crippen molar-refractivity contribution < 1.29 is 13.2 Å². The van der Waals surface area contributed by atoms with Crippen molar-refractivity contribution in [2.45, 2.75) is 18.2 Å². The van der Waals surface area contributed by atoms with Gasteiger partial charge in [-0.05, 0) is 24.1 Å². The molecule has 0 aliphatic carbocycles. The lowest BCUT2D eigenvalue weighted by Crippen LogP contribution is -2.48. The number of anilines is 1. The van der Waals surface area contributed by atoms with Crippen LogP contribution in [0, 0.1) is 11.3 Å². The lowest BCUT2D eigenvalue weighted by atomic mass is 10.2. The number of rotatable bonds is 3. The second-order valence-electron chi connectivity index (χ2n) is 6.05. The maximum atomic E-state index is 12.9. The summed E-state index contributed by atoms with van der Waals surface area (Å²) in [5.41, 5.74) is 1.70. The van der Waals surface area contributed by atoms with Crippen molar-refractivity contribution in [1.82, 2.24) is 9.21 Å². The molecule has 0 radical (unpaired) electrons. The number of amides is 1. The number of nitriles is 1. The van der Waals surface area contributed by atoms with Crippen LogP contribution in [-0.4, -0.2) is 62.8 Å². The van der Waals surface area contributed by atoms with E-state index in [1.54, 1.807) is 23.1 Å². The van der Waals surface area contributed by atoms with E-state index in [9.17, 15) is 13.2 Å². The van der Waals surface area contributed by atoms with Crippen LogP contribution in [0.2, 0.25) is 0 Å². The van der Waals surface area contributed by atoms with Gasteiger partial charge in [-0.25, -0.2) is 8.42 Å². The van der Waals surface area contributed by atoms with Gasteiger partial charge in [0.1, 0.15) is 0 Å². The summed E-state index contributed by atoms with van der Waals surface area (Å²) in [5.74, 6) is -0.0755. The quantitative estimate of drug-likeness (QED) is 0.740. The van der Waals surface area contributed by atoms with Crippen molar-refractivity contribution in [1.29, 1.82) is 5.26 Å². The van der Waals surface area contributed by atoms with E-state index in [4.69, 9.17) is 5.26 Å². The molecule has 1 fully saturated rings. The molecule has 7 nitrogen and oxygen atoms in total. The Morgan fingerprint density at radius 2 is 1.92 bits per heavy atom. The first-order chi connectivity index (χ1) is 11.4. The van der Waals surface area contributed by atoms with Crippen LogP contribution in [0.25, 0.3) is 0 Å². The molecular weight excluding hydrogens is 328 g/mol. The summed E-state index contributed by atoms with van der Waals surface area (Å²) < 4.78 is 27.2. The smallest absolute Gasteiger partial charge is 0.243 e. The van der Waals surface area contributed by atoms with E-state index < -0.39 is 10.0 Å². The molecular formula is C16H20N4O3S. The topological polar surface area (TPSA) is 84.7 Å². The van der Waals surface area contributed by atoms with Gasteiger partial charge >= 0.3 is 0 Å². The van der Waals surface area contributed by atoms with Gasteiger partial charge in [0.15, 0.2) is 0 Å². The van der Waals surface area contributed by atoms with Crippen LogP contribution in [0.3, 0.4) is 0 Å². The molecule has 24 heavy (non-hydrogen) atoms. The first-order valence-electron chi connectivity index (χ1n) is 7.94. The van der Waals surface area contributed by atoms with Gasteiger partial charge < -0.3 is 4.90 Å². The number of hydrogen-bond donors (Lipinski definition) is 0. The van der Waals surface area contributed by atoms with Crippen LogP contribution >= 0.6 is 0 Å². The summed E-state index contributed by atoms with van der Waals surface area (Å²) in [6, 6.07) is 7.13. The summed E-state index contributed by atoms with van der Waals surface area (Å²) in [6.07, 6.45) is 0.752. The van der Waals surface area contributed by atoms with Gasteiger partial charge in [-0.3, -0.25) is 9.69 Å². The van der Waals surface area contributed by atoms with Crippen LogP contribution in [-0.2, 0) is 21.2 Å². The number of fused-ring (bicyclic) bond motifs is 1. The largest absolute Gasteiger partial charge is 0.312 e. The number of benzene rings is 1. The fraction of sp³-hybridized carbons (Fsp3) is 0.500. The Bertz CT molecular complexity index is 792. The highest BCUT2D eigenvalue weighted by molar-refractivity contribution is 7.89. The van der Waals surface area contributed by atoms with Crippen LogP contribution < -0.4 is 4.90 Å². The third-order valence-corrected chi connectivity index (χ3v) is 6.49. The molecule has 0 aromatic heterocycles. The molecule has 0 saturated carbocycles. The highest BCUT2D eigenvalue weighted by Gasteiger charge is 2.30. The van der Waals surface area contributed by atoms with Crippen LogP contribution in [0.4, 0.5) is 5.69 Å². The lowest BCUT2D eigenvalue weighted by molar-refractivity contribution is -0.116. The van der Waals surface area contributed by atoms with Crippen molar-refractivity contribution in [3.8, 4) is 6.07 Å². The third kappa shape index (κ3) is 3.02. The summed E-state index contributed by atoms with van der Waals surface area (Å²) in [4.78, 5) is 15.5. The first-order valence-corrected chi connectivity index (χ1v) is 9.38. The Labute approximate surface area is 142 Å². The number of carbonyl (C=O) groups excluding carboxylic acids is 1. The SMILES string of the molecule is CC(=O)N1CCc2ccc(S(=O)(=O)N3CCN(CC#N)CC3)cc21. The Morgan fingerprint density at radius 1 is 1.21 bits per heavy atom. The molecule has 1 aromatic carbocycles. The monoisotopic (exact) mass is 348 g/mol. The average Bonchev–Trinajstić information content (AvgIpc) is 2.99. The standard InChI is InChI=1S/C16H20N4O3S/c1-13(21)20-6-4-14-2-3-15(12-16(14)20)24(22,23)19-10-8-18(7-5-17)9-11-19/h2-3,12H,4,6-11H2,1H3. The lowest BCUT2D eigenvalue weighted by Gasteiger charge is -2.32. The molecule has 8 heteroatoms. The Morgan fingerprint density at radius 3 is 2.54 bits per heavy atom. The van der Waals surface area contributed by atoms with E-state index in [-0.39, 0.29) is 10.8 Å². The molecule has 0 bridgehead atoms. The number of piperazine rings is 1. The van der Waals surface area contributed by atoms with Crippen molar-refractivity contribution >= 4 is 21.6 Å². The zero-order valence-corrected chi connectivity index (χ0v) is 14.4. The van der Waals surface area contributed by atoms with E-state index in [1.807, 2.05) is 4.90 Å². The van der Waals surface area contributed by atoms with Gasteiger partial charge in [0.05, 0.1) is 17.5 Å². The predicted molar refractivity (Wildman–Crippen MR) is 89.0 cm³/mol. The molecule has 0 unspecified atom stereocenters. The molecule has 1 saturated heterocycles. The first kappa shape index (κ1) is 16.9. The minimum atomic E-state index is -3.59. The zero-order chi connectivity index (χ0) is 17.3. The van der Waals surface area contributed by atoms with Gasteiger partial charge in [0, 0.05) is 45.3 Å². The Balaban J connectivity index is 1.83. The summed E-state index contributed by atoms with van der Waals surface area (Å²) in [7, 11) is -3.59. The van der Waals surface area contributed by atoms with E-state index >= 15 is 0 Å². The van der Waals surface area contributed by atoms with Crippen LogP contribution in [0.1, 0.15) is 12.5 Å². The number of sulfonamides is 1. The molecule has 3 rings (SSSR count). The van der Waals surface area contributed by atoms with E-state index in [0.29, 0.717) is 45.0 Å². The van der Waals surface area contributed by atoms with E-state index in [2.05, 4.69) is 6.07 Å². The molecule has 0 atom stereocenters. The minimum absolute atomic E-state index is 0.0755. The van der Waals surface area contributed by atoms with E-state index in [0.717, 1.165) is 12.0 Å². The summed E-state index contributed by atoms with van der Waals surface area (Å²) in [5, 5.41) is 8.73. The van der Waals surface area contributed by atoms with Gasteiger partial charge in [0.25, 0.3) is 0 Å². The van der Waals surface area contributed by atoms with Crippen LogP contribution in [0.15, 0.2) is 23.1 Å². The van der Waals surface area contributed by atoms with Crippen molar-refractivity contribution in [3.63, 3.8) is 0 Å².